The van der Waals surface area contributed by atoms with Gasteiger partial charge >= 0.3 is 0 Å². The lowest BCUT2D eigenvalue weighted by molar-refractivity contribution is 0.102. The monoisotopic (exact) mass is 406 g/mol. The first-order chi connectivity index (χ1) is 12.1. The number of benzene rings is 1. The predicted molar refractivity (Wildman–Crippen MR) is 110 cm³/mol. The third-order valence-corrected chi connectivity index (χ3v) is 6.11. The number of carbonyl (C=O) groups excluding carboxylic acids is 1. The van der Waals surface area contributed by atoms with E-state index in [1.54, 1.807) is 5.38 Å². The molecule has 3 N–H and O–H groups in total. The molecule has 0 atom stereocenters. The lowest BCUT2D eigenvalue weighted by atomic mass is 10.0. The normalized spacial score (nSPS) is 12.5. The molecule has 1 aliphatic rings. The summed E-state index contributed by atoms with van der Waals surface area (Å²) in [7, 11) is 0. The Labute approximate surface area is 166 Å². The number of carbonyl (C=O) groups is 1. The van der Waals surface area contributed by atoms with Gasteiger partial charge in [0.15, 0.2) is 5.13 Å². The Balaban J connectivity index is 0.00000196. The molecule has 4 rings (SSSR count). The largest absolute Gasteiger partial charge is 0.325 e. The van der Waals surface area contributed by atoms with E-state index in [1.165, 1.54) is 46.6 Å². The van der Waals surface area contributed by atoms with Crippen molar-refractivity contribution >= 4 is 46.1 Å². The van der Waals surface area contributed by atoms with Crippen molar-refractivity contribution in [3.63, 3.8) is 0 Å². The second-order valence-electron chi connectivity index (χ2n) is 6.05. The van der Waals surface area contributed by atoms with E-state index in [1.807, 2.05) is 6.92 Å². The van der Waals surface area contributed by atoms with Crippen molar-refractivity contribution in [3.05, 3.63) is 50.3 Å². The number of nitrogens with zero attached hydrogens (tertiary/aromatic N) is 2. The summed E-state index contributed by atoms with van der Waals surface area (Å²) in [5, 5.41) is 5.92. The summed E-state index contributed by atoms with van der Waals surface area (Å²) in [4.78, 5) is 22.2. The van der Waals surface area contributed by atoms with Crippen LogP contribution in [0.3, 0.4) is 0 Å². The molecule has 0 unspecified atom stereocenters. The van der Waals surface area contributed by atoms with Crippen molar-refractivity contribution in [1.29, 1.82) is 0 Å². The van der Waals surface area contributed by atoms with Gasteiger partial charge in [-0.05, 0) is 43.4 Å². The molecule has 3 aromatic rings. The Bertz CT molecular complexity index is 951. The van der Waals surface area contributed by atoms with Gasteiger partial charge in [0, 0.05) is 22.4 Å². The van der Waals surface area contributed by atoms with Crippen LogP contribution in [0, 0.1) is 6.92 Å². The number of aromatic nitrogens is 2. The molecule has 2 heterocycles. The van der Waals surface area contributed by atoms with E-state index in [0.29, 0.717) is 17.4 Å². The van der Waals surface area contributed by atoms with Gasteiger partial charge in [-0.3, -0.25) is 10.1 Å². The topological polar surface area (TPSA) is 80.9 Å². The lowest BCUT2D eigenvalue weighted by Crippen LogP contribution is -2.12. The minimum Gasteiger partial charge on any atom is -0.325 e. The van der Waals surface area contributed by atoms with Crippen LogP contribution in [0.15, 0.2) is 23.6 Å². The van der Waals surface area contributed by atoms with Crippen LogP contribution >= 0.6 is 35.1 Å². The number of hydrogen-bond donors (Lipinski definition) is 2. The molecule has 0 fully saturated rings. The van der Waals surface area contributed by atoms with Gasteiger partial charge in [-0.25, -0.2) is 9.97 Å². The van der Waals surface area contributed by atoms with Gasteiger partial charge in [0.05, 0.1) is 5.69 Å². The summed E-state index contributed by atoms with van der Waals surface area (Å²) < 4.78 is 0. The zero-order valence-corrected chi connectivity index (χ0v) is 16.7. The van der Waals surface area contributed by atoms with E-state index in [4.69, 9.17) is 5.73 Å². The van der Waals surface area contributed by atoms with Crippen LogP contribution in [0.1, 0.15) is 37.9 Å². The fourth-order valence-electron chi connectivity index (χ4n) is 3.11. The second kappa shape index (κ2) is 7.84. The number of anilines is 1. The fraction of sp³-hybridized carbons (Fsp3) is 0.278. The van der Waals surface area contributed by atoms with Crippen molar-refractivity contribution < 1.29 is 4.79 Å². The van der Waals surface area contributed by atoms with E-state index in [0.717, 1.165) is 27.6 Å². The molecule has 0 saturated carbocycles. The maximum absolute atomic E-state index is 12.3. The Morgan fingerprint density at radius 1 is 1.27 bits per heavy atom. The Morgan fingerprint density at radius 3 is 2.85 bits per heavy atom. The Kier molecular flexibility index (Phi) is 5.72. The maximum Gasteiger partial charge on any atom is 0.276 e. The van der Waals surface area contributed by atoms with Gasteiger partial charge < -0.3 is 5.73 Å². The van der Waals surface area contributed by atoms with E-state index < -0.39 is 0 Å². The number of nitrogens with two attached hydrogens (primary N) is 1. The van der Waals surface area contributed by atoms with Gasteiger partial charge in [0.2, 0.25) is 0 Å². The SMILES string of the molecule is Cc1sc(NC(=O)c2csc(CN)n2)nc1-c1ccc2c(c1)CCC2.Cl. The molecule has 136 valence electrons. The van der Waals surface area contributed by atoms with E-state index in [9.17, 15) is 4.79 Å². The molecular weight excluding hydrogens is 388 g/mol. The number of rotatable bonds is 4. The highest BCUT2D eigenvalue weighted by molar-refractivity contribution is 7.16. The van der Waals surface area contributed by atoms with Crippen LogP contribution in [-0.2, 0) is 19.4 Å². The lowest BCUT2D eigenvalue weighted by Gasteiger charge is -2.03. The van der Waals surface area contributed by atoms with Gasteiger partial charge in [0.1, 0.15) is 10.7 Å². The van der Waals surface area contributed by atoms with Gasteiger partial charge in [0.25, 0.3) is 5.91 Å². The number of halogens is 1. The molecule has 8 heteroatoms. The fourth-order valence-corrected chi connectivity index (χ4v) is 4.59. The van der Waals surface area contributed by atoms with Crippen molar-refractivity contribution in [2.45, 2.75) is 32.7 Å². The highest BCUT2D eigenvalue weighted by atomic mass is 35.5. The standard InChI is InChI=1S/C18H18N4OS2.ClH/c1-10-16(13-6-5-11-3-2-4-12(11)7-13)21-18(25-10)22-17(23)14-9-24-15(8-19)20-14;/h5-7,9H,2-4,8,19H2,1H3,(H,21,22,23);1H. The van der Waals surface area contributed by atoms with Crippen LogP contribution in [0.2, 0.25) is 0 Å². The van der Waals surface area contributed by atoms with Crippen LogP contribution in [0.25, 0.3) is 11.3 Å². The number of fused-ring (bicyclic) bond motifs is 1. The summed E-state index contributed by atoms with van der Waals surface area (Å²) in [6.07, 6.45) is 3.54. The molecule has 2 aromatic heterocycles. The summed E-state index contributed by atoms with van der Waals surface area (Å²) in [6, 6.07) is 6.58. The van der Waals surface area contributed by atoms with Crippen LogP contribution in [0.5, 0.6) is 0 Å². The molecule has 0 aliphatic heterocycles. The first kappa shape index (κ1) is 19.0. The maximum atomic E-state index is 12.3. The van der Waals surface area contributed by atoms with E-state index >= 15 is 0 Å². The van der Waals surface area contributed by atoms with Crippen LogP contribution < -0.4 is 11.1 Å². The Hall–Kier alpha value is -1.80. The predicted octanol–water partition coefficient (Wildman–Crippen LogP) is 4.20. The number of amides is 1. The van der Waals surface area contributed by atoms with E-state index in [-0.39, 0.29) is 18.3 Å². The smallest absolute Gasteiger partial charge is 0.276 e. The minimum atomic E-state index is -0.245. The molecule has 0 radical (unpaired) electrons. The molecule has 1 aliphatic carbocycles. The number of aryl methyl sites for hydroxylation is 3. The van der Waals surface area contributed by atoms with Crippen LogP contribution in [-0.4, -0.2) is 15.9 Å². The first-order valence-electron chi connectivity index (χ1n) is 8.19. The quantitative estimate of drug-likeness (QED) is 0.680. The summed E-state index contributed by atoms with van der Waals surface area (Å²) >= 11 is 2.88. The van der Waals surface area contributed by atoms with Crippen molar-refractivity contribution in [1.82, 2.24) is 9.97 Å². The second-order valence-corrected chi connectivity index (χ2v) is 8.19. The van der Waals surface area contributed by atoms with Gasteiger partial charge in [-0.1, -0.05) is 12.1 Å². The third kappa shape index (κ3) is 3.66. The van der Waals surface area contributed by atoms with Gasteiger partial charge in [-0.15, -0.1) is 35.1 Å². The molecule has 26 heavy (non-hydrogen) atoms. The first-order valence-corrected chi connectivity index (χ1v) is 9.89. The highest BCUT2D eigenvalue weighted by Gasteiger charge is 2.17. The molecule has 0 spiro atoms. The van der Waals surface area contributed by atoms with Crippen LogP contribution in [0.4, 0.5) is 5.13 Å². The van der Waals surface area contributed by atoms with Gasteiger partial charge in [-0.2, -0.15) is 0 Å². The highest BCUT2D eigenvalue weighted by Crippen LogP contribution is 2.33. The number of thiazole rings is 2. The molecular formula is C18H19ClN4OS2. The van der Waals surface area contributed by atoms with Crippen molar-refractivity contribution in [2.24, 2.45) is 5.73 Å². The third-order valence-electron chi connectivity index (χ3n) is 4.35. The average Bonchev–Trinajstić information content (AvgIpc) is 3.33. The minimum absolute atomic E-state index is 0. The average molecular weight is 407 g/mol. The zero-order valence-electron chi connectivity index (χ0n) is 14.2. The molecule has 1 amide bonds. The summed E-state index contributed by atoms with van der Waals surface area (Å²) in [5.74, 6) is -0.245. The van der Waals surface area contributed by atoms with Crippen molar-refractivity contribution in [2.75, 3.05) is 5.32 Å². The molecule has 0 bridgehead atoms. The molecule has 0 saturated heterocycles. The summed E-state index contributed by atoms with van der Waals surface area (Å²) in [6.45, 7) is 2.38. The Morgan fingerprint density at radius 2 is 2.08 bits per heavy atom. The number of hydrogen-bond acceptors (Lipinski definition) is 6. The molecule has 5 nitrogen and oxygen atoms in total. The zero-order chi connectivity index (χ0) is 17.4. The summed E-state index contributed by atoms with van der Waals surface area (Å²) in [5.41, 5.74) is 10.9. The number of nitrogens with one attached hydrogen (secondary N) is 1. The van der Waals surface area contributed by atoms with Crippen molar-refractivity contribution in [3.8, 4) is 11.3 Å². The molecule has 1 aromatic carbocycles. The van der Waals surface area contributed by atoms with E-state index in [2.05, 4.69) is 33.5 Å².